The second-order valence-corrected chi connectivity index (χ2v) is 13.2. The number of amides is 4. The lowest BCUT2D eigenvalue weighted by atomic mass is 9.77. The molecule has 0 bridgehead atoms. The Morgan fingerprint density at radius 1 is 0.500 bits per heavy atom. The van der Waals surface area contributed by atoms with Gasteiger partial charge in [-0.05, 0) is 49.9 Å². The van der Waals surface area contributed by atoms with Crippen molar-refractivity contribution in [1.82, 2.24) is 9.80 Å². The highest BCUT2D eigenvalue weighted by Gasteiger charge is 2.44. The smallest absolute Gasteiger partial charge is 0.261 e. The van der Waals surface area contributed by atoms with Gasteiger partial charge in [0.05, 0.1) is 13.2 Å². The molecule has 2 heterocycles. The average Bonchev–Trinajstić information content (AvgIpc) is 3.05. The zero-order chi connectivity index (χ0) is 32.1. The molecule has 0 radical (unpaired) electrons. The predicted molar refractivity (Wildman–Crippen MR) is 172 cm³/mol. The number of imide groups is 2. The number of carbonyl (C=O) groups is 4. The Balaban J connectivity index is 1.74. The number of rotatable bonds is 18. The van der Waals surface area contributed by atoms with Crippen LogP contribution in [0.2, 0.25) is 0 Å². The standard InChI is InChI=1S/C36H50N2O6/c1-5-9-17-35(23-39,18-10-6-2)21-37-31(41)25-13-15-27-30-28(16-14-26(29(25)30)32(37)42)34(44)38(33(27)43)22-36(24-40,19-11-7-3)20-12-8-4/h13-16,39-40H,5-12,17-24H2,1-4H3. The van der Waals surface area contributed by atoms with Gasteiger partial charge in [-0.1, -0.05) is 79.1 Å². The number of aliphatic hydroxyl groups is 2. The number of hydrogen-bond donors (Lipinski definition) is 2. The molecule has 0 fully saturated rings. The molecular formula is C36H50N2O6. The molecule has 0 aliphatic carbocycles. The summed E-state index contributed by atoms with van der Waals surface area (Å²) in [6.45, 7) is 8.34. The minimum atomic E-state index is -0.583. The molecule has 0 saturated heterocycles. The zero-order valence-electron chi connectivity index (χ0n) is 27.0. The number of nitrogens with zero attached hydrogens (tertiary/aromatic N) is 2. The van der Waals surface area contributed by atoms with Crippen LogP contribution in [0.25, 0.3) is 10.8 Å². The molecule has 0 aromatic heterocycles. The summed E-state index contributed by atoms with van der Waals surface area (Å²) >= 11 is 0. The van der Waals surface area contributed by atoms with Crippen LogP contribution in [0.3, 0.4) is 0 Å². The summed E-state index contributed by atoms with van der Waals surface area (Å²) < 4.78 is 0. The van der Waals surface area contributed by atoms with E-state index in [0.717, 1.165) is 51.4 Å². The maximum Gasteiger partial charge on any atom is 0.261 e. The van der Waals surface area contributed by atoms with E-state index in [-0.39, 0.29) is 26.3 Å². The molecule has 2 aromatic carbocycles. The van der Waals surface area contributed by atoms with Gasteiger partial charge >= 0.3 is 0 Å². The van der Waals surface area contributed by atoms with E-state index < -0.39 is 34.5 Å². The van der Waals surface area contributed by atoms with Gasteiger partial charge in [0.1, 0.15) is 0 Å². The molecule has 2 aliphatic heterocycles. The molecular weight excluding hydrogens is 556 g/mol. The van der Waals surface area contributed by atoms with E-state index >= 15 is 0 Å². The van der Waals surface area contributed by atoms with Crippen molar-refractivity contribution in [1.29, 1.82) is 0 Å². The van der Waals surface area contributed by atoms with Gasteiger partial charge in [0.15, 0.2) is 0 Å². The van der Waals surface area contributed by atoms with Gasteiger partial charge in [0.2, 0.25) is 0 Å². The van der Waals surface area contributed by atoms with Crippen molar-refractivity contribution in [2.45, 2.75) is 105 Å². The van der Waals surface area contributed by atoms with Crippen molar-refractivity contribution < 1.29 is 29.4 Å². The molecule has 4 rings (SSSR count). The molecule has 8 nitrogen and oxygen atoms in total. The van der Waals surface area contributed by atoms with E-state index in [4.69, 9.17) is 0 Å². The van der Waals surface area contributed by atoms with E-state index in [0.29, 0.717) is 58.7 Å². The highest BCUT2D eigenvalue weighted by molar-refractivity contribution is 6.33. The van der Waals surface area contributed by atoms with Crippen LogP contribution in [0, 0.1) is 10.8 Å². The minimum Gasteiger partial charge on any atom is -0.396 e. The van der Waals surface area contributed by atoms with Crippen LogP contribution in [0.4, 0.5) is 0 Å². The molecule has 4 amide bonds. The minimum absolute atomic E-state index is 0.116. The first-order valence-electron chi connectivity index (χ1n) is 16.7. The Hall–Kier alpha value is -3.10. The summed E-state index contributed by atoms with van der Waals surface area (Å²) in [7, 11) is 0. The summed E-state index contributed by atoms with van der Waals surface area (Å²) in [5, 5.41) is 21.8. The fraction of sp³-hybridized carbons (Fsp3) is 0.611. The summed E-state index contributed by atoms with van der Waals surface area (Å²) in [4.78, 5) is 58.3. The van der Waals surface area contributed by atoms with Crippen LogP contribution in [-0.2, 0) is 0 Å². The molecule has 2 N–H and O–H groups in total. The molecule has 2 aromatic rings. The van der Waals surface area contributed by atoms with Crippen LogP contribution in [0.5, 0.6) is 0 Å². The third kappa shape index (κ3) is 6.20. The fourth-order valence-corrected chi connectivity index (χ4v) is 7.12. The molecule has 0 spiro atoms. The third-order valence-electron chi connectivity index (χ3n) is 9.96. The Bertz CT molecular complexity index is 1210. The fourth-order valence-electron chi connectivity index (χ4n) is 7.12. The second-order valence-electron chi connectivity index (χ2n) is 13.2. The molecule has 0 saturated carbocycles. The molecule has 8 heteroatoms. The lowest BCUT2D eigenvalue weighted by Gasteiger charge is -2.40. The first-order chi connectivity index (χ1) is 21.2. The summed E-state index contributed by atoms with van der Waals surface area (Å²) in [5.41, 5.74) is 0.0108. The molecule has 2 aliphatic rings. The Morgan fingerprint density at radius 2 is 0.750 bits per heavy atom. The first-order valence-corrected chi connectivity index (χ1v) is 16.7. The normalized spacial score (nSPS) is 15.2. The lowest BCUT2D eigenvalue weighted by molar-refractivity contribution is 0.0340. The van der Waals surface area contributed by atoms with Crippen LogP contribution in [0.15, 0.2) is 24.3 Å². The third-order valence-corrected chi connectivity index (χ3v) is 9.96. The van der Waals surface area contributed by atoms with E-state index in [1.165, 1.54) is 9.80 Å². The molecule has 240 valence electrons. The highest BCUT2D eigenvalue weighted by Crippen LogP contribution is 2.41. The molecule has 0 atom stereocenters. The SMILES string of the molecule is CCCCC(CO)(CCCC)CN1C(=O)c2ccc3c4c(ccc(c24)C1=O)C(=O)N(CC(CO)(CCCC)CCCC)C3=O. The number of benzene rings is 2. The maximum atomic E-state index is 14.0. The Kier molecular flexibility index (Phi) is 11.0. The van der Waals surface area contributed by atoms with Gasteiger partial charge in [0.25, 0.3) is 23.6 Å². The summed E-state index contributed by atoms with van der Waals surface area (Å²) in [6.07, 6.45) is 10.1. The maximum absolute atomic E-state index is 14.0. The predicted octanol–water partition coefficient (Wildman–Crippen LogP) is 6.75. The highest BCUT2D eigenvalue weighted by atomic mass is 16.3. The van der Waals surface area contributed by atoms with Gasteiger partial charge in [-0.15, -0.1) is 0 Å². The van der Waals surface area contributed by atoms with Gasteiger partial charge < -0.3 is 10.2 Å². The van der Waals surface area contributed by atoms with Crippen molar-refractivity contribution in [3.05, 3.63) is 46.5 Å². The van der Waals surface area contributed by atoms with Crippen molar-refractivity contribution in [3.63, 3.8) is 0 Å². The van der Waals surface area contributed by atoms with Crippen LogP contribution in [-0.4, -0.2) is 69.9 Å². The van der Waals surface area contributed by atoms with Gasteiger partial charge in [-0.3, -0.25) is 29.0 Å². The Labute approximate surface area is 261 Å². The van der Waals surface area contributed by atoms with Crippen LogP contribution in [0.1, 0.15) is 146 Å². The monoisotopic (exact) mass is 606 g/mol. The van der Waals surface area contributed by atoms with E-state index in [2.05, 4.69) is 27.7 Å². The van der Waals surface area contributed by atoms with Crippen molar-refractivity contribution >= 4 is 34.4 Å². The number of aliphatic hydroxyl groups excluding tert-OH is 2. The van der Waals surface area contributed by atoms with Gasteiger partial charge in [0, 0.05) is 56.9 Å². The van der Waals surface area contributed by atoms with Gasteiger partial charge in [-0.2, -0.15) is 0 Å². The molecule has 0 unspecified atom stereocenters. The average molecular weight is 607 g/mol. The quantitative estimate of drug-likeness (QED) is 0.181. The molecule has 44 heavy (non-hydrogen) atoms. The van der Waals surface area contributed by atoms with E-state index in [1.807, 2.05) is 0 Å². The first kappa shape index (κ1) is 33.8. The van der Waals surface area contributed by atoms with Crippen LogP contribution < -0.4 is 0 Å². The zero-order valence-corrected chi connectivity index (χ0v) is 27.0. The van der Waals surface area contributed by atoms with Crippen molar-refractivity contribution in [2.24, 2.45) is 10.8 Å². The largest absolute Gasteiger partial charge is 0.396 e. The van der Waals surface area contributed by atoms with Crippen LogP contribution >= 0.6 is 0 Å². The number of hydrogen-bond acceptors (Lipinski definition) is 6. The second kappa shape index (κ2) is 14.3. The Morgan fingerprint density at radius 3 is 0.955 bits per heavy atom. The van der Waals surface area contributed by atoms with Crippen molar-refractivity contribution in [3.8, 4) is 0 Å². The van der Waals surface area contributed by atoms with E-state index in [9.17, 15) is 29.4 Å². The van der Waals surface area contributed by atoms with Gasteiger partial charge in [-0.25, -0.2) is 0 Å². The van der Waals surface area contributed by atoms with E-state index in [1.54, 1.807) is 24.3 Å². The summed E-state index contributed by atoms with van der Waals surface area (Å²) in [5.74, 6) is -1.84. The topological polar surface area (TPSA) is 115 Å². The summed E-state index contributed by atoms with van der Waals surface area (Å²) in [6, 6.07) is 6.41. The number of carbonyl (C=O) groups excluding carboxylic acids is 4. The lowest BCUT2D eigenvalue weighted by Crippen LogP contribution is -2.50. The number of unbranched alkanes of at least 4 members (excludes halogenated alkanes) is 4. The van der Waals surface area contributed by atoms with Crippen molar-refractivity contribution in [2.75, 3.05) is 26.3 Å².